The van der Waals surface area contributed by atoms with Gasteiger partial charge >= 0.3 is 6.61 Å². The van der Waals surface area contributed by atoms with E-state index in [9.17, 15) is 8.78 Å². The first-order chi connectivity index (χ1) is 8.08. The number of anilines is 1. The molecule has 1 aliphatic rings. The molecule has 0 aromatic heterocycles. The summed E-state index contributed by atoms with van der Waals surface area (Å²) in [5.41, 5.74) is 1.32. The molecule has 2 rings (SSSR count). The molecule has 0 saturated heterocycles. The first kappa shape index (κ1) is 11.6. The zero-order valence-corrected chi connectivity index (χ0v) is 9.47. The normalized spacial score (nSPS) is 14.9. The largest absolute Gasteiger partial charge is 0.434 e. The van der Waals surface area contributed by atoms with Gasteiger partial charge in [0.05, 0.1) is 5.69 Å². The van der Waals surface area contributed by atoms with Crippen LogP contribution in [-0.2, 0) is 0 Å². The lowest BCUT2D eigenvalue weighted by atomic mass is 10.2. The van der Waals surface area contributed by atoms with Crippen molar-refractivity contribution >= 4 is 5.69 Å². The summed E-state index contributed by atoms with van der Waals surface area (Å²) in [5.74, 6) is 0.155. The Balaban J connectivity index is 2.26. The van der Waals surface area contributed by atoms with Gasteiger partial charge in [-0.3, -0.25) is 5.01 Å². The van der Waals surface area contributed by atoms with E-state index in [1.807, 2.05) is 0 Å². The van der Waals surface area contributed by atoms with Crippen molar-refractivity contribution in [3.8, 4) is 5.75 Å². The molecule has 1 heterocycles. The minimum absolute atomic E-state index is 0.155. The van der Waals surface area contributed by atoms with Crippen molar-refractivity contribution in [3.05, 3.63) is 23.8 Å². The fourth-order valence-electron chi connectivity index (χ4n) is 1.60. The van der Waals surface area contributed by atoms with Crippen molar-refractivity contribution in [2.45, 2.75) is 13.5 Å². The summed E-state index contributed by atoms with van der Waals surface area (Å²) in [5, 5.41) is 11.0. The lowest BCUT2D eigenvalue weighted by Gasteiger charge is -2.17. The van der Waals surface area contributed by atoms with E-state index in [2.05, 4.69) is 15.2 Å². The van der Waals surface area contributed by atoms with Crippen molar-refractivity contribution in [2.75, 3.05) is 18.7 Å². The Hall–Kier alpha value is -1.92. The Morgan fingerprint density at radius 2 is 2.12 bits per heavy atom. The maximum absolute atomic E-state index is 12.2. The van der Waals surface area contributed by atoms with E-state index < -0.39 is 6.61 Å². The lowest BCUT2D eigenvalue weighted by Crippen LogP contribution is -2.22. The highest BCUT2D eigenvalue weighted by Gasteiger charge is 2.18. The van der Waals surface area contributed by atoms with Gasteiger partial charge in [-0.15, -0.1) is 0 Å². The van der Waals surface area contributed by atoms with Crippen molar-refractivity contribution in [3.63, 3.8) is 0 Å². The number of hydrogen-bond donors (Lipinski definition) is 0. The fourth-order valence-corrected chi connectivity index (χ4v) is 1.60. The molecule has 17 heavy (non-hydrogen) atoms. The summed E-state index contributed by atoms with van der Waals surface area (Å²) in [6.45, 7) is -0.633. The third-order valence-electron chi connectivity index (χ3n) is 2.39. The second-order valence-corrected chi connectivity index (χ2v) is 3.66. The second kappa shape index (κ2) is 4.52. The van der Waals surface area contributed by atoms with Crippen molar-refractivity contribution < 1.29 is 13.5 Å². The second-order valence-electron chi connectivity index (χ2n) is 3.66. The molecule has 0 aliphatic carbocycles. The molecule has 0 unspecified atom stereocenters. The number of nitrogens with zero attached hydrogens (tertiary/aromatic N) is 4. The van der Waals surface area contributed by atoms with E-state index in [4.69, 9.17) is 0 Å². The van der Waals surface area contributed by atoms with Gasteiger partial charge in [-0.05, 0) is 24.3 Å². The molecule has 7 heteroatoms. The Bertz CT molecular complexity index is 438. The summed E-state index contributed by atoms with van der Waals surface area (Å²) in [6, 6.07) is 4.93. The Morgan fingerprint density at radius 1 is 1.35 bits per heavy atom. The molecule has 0 bridgehead atoms. The lowest BCUT2D eigenvalue weighted by molar-refractivity contribution is -0.0502. The average Bonchev–Trinajstić information content (AvgIpc) is 2.67. The van der Waals surface area contributed by atoms with Crippen LogP contribution in [0.1, 0.15) is 5.56 Å². The average molecular weight is 242 g/mol. The molecule has 1 aromatic carbocycles. The van der Waals surface area contributed by atoms with Crippen LogP contribution in [0.15, 0.2) is 28.6 Å². The standard InChI is InChI=1S/C10H12F2N4O/c1-7-8(16-6-15(2)13-14-16)4-3-5-9(7)17-10(11)12/h3-5,10H,6H2,1-2H3. The molecule has 5 nitrogen and oxygen atoms in total. The number of halogens is 2. The summed E-state index contributed by atoms with van der Waals surface area (Å²) < 4.78 is 28.8. The van der Waals surface area contributed by atoms with Crippen LogP contribution in [0.25, 0.3) is 0 Å². The van der Waals surface area contributed by atoms with Crippen LogP contribution in [0.3, 0.4) is 0 Å². The number of ether oxygens (including phenoxy) is 1. The van der Waals surface area contributed by atoms with Gasteiger partial charge in [0.2, 0.25) is 0 Å². The summed E-state index contributed by atoms with van der Waals surface area (Å²) >= 11 is 0. The number of alkyl halides is 2. The zero-order chi connectivity index (χ0) is 12.4. The summed E-state index contributed by atoms with van der Waals surface area (Å²) in [7, 11) is 1.78. The van der Waals surface area contributed by atoms with E-state index in [1.165, 1.54) is 6.07 Å². The monoisotopic (exact) mass is 242 g/mol. The smallest absolute Gasteiger partial charge is 0.387 e. The van der Waals surface area contributed by atoms with Crippen LogP contribution < -0.4 is 9.75 Å². The molecule has 0 radical (unpaired) electrons. The van der Waals surface area contributed by atoms with Crippen LogP contribution in [0.4, 0.5) is 14.5 Å². The predicted molar refractivity (Wildman–Crippen MR) is 57.8 cm³/mol. The van der Waals surface area contributed by atoms with E-state index in [-0.39, 0.29) is 5.75 Å². The maximum atomic E-state index is 12.2. The molecule has 0 saturated carbocycles. The number of rotatable bonds is 3. The Labute approximate surface area is 97.2 Å². The van der Waals surface area contributed by atoms with Gasteiger partial charge in [0.15, 0.2) is 0 Å². The highest BCUT2D eigenvalue weighted by atomic mass is 19.3. The van der Waals surface area contributed by atoms with Crippen LogP contribution in [0.2, 0.25) is 0 Å². The fraction of sp³-hybridized carbons (Fsp3) is 0.400. The van der Waals surface area contributed by atoms with Gasteiger partial charge < -0.3 is 4.74 Å². The molecule has 0 fully saturated rings. The molecule has 92 valence electrons. The number of benzene rings is 1. The molecule has 0 spiro atoms. The molecule has 0 N–H and O–H groups in total. The Kier molecular flexibility index (Phi) is 3.08. The van der Waals surface area contributed by atoms with Crippen molar-refractivity contribution in [1.82, 2.24) is 5.01 Å². The van der Waals surface area contributed by atoms with Crippen LogP contribution in [-0.4, -0.2) is 25.3 Å². The van der Waals surface area contributed by atoms with E-state index >= 15 is 0 Å². The van der Waals surface area contributed by atoms with Crippen molar-refractivity contribution in [2.24, 2.45) is 10.4 Å². The van der Waals surface area contributed by atoms with Gasteiger partial charge in [0.1, 0.15) is 12.4 Å². The molecular formula is C10H12F2N4O. The van der Waals surface area contributed by atoms with E-state index in [1.54, 1.807) is 36.1 Å². The molecule has 1 aliphatic heterocycles. The summed E-state index contributed by atoms with van der Waals surface area (Å²) in [6.07, 6.45) is 0. The number of hydrogen-bond acceptors (Lipinski definition) is 5. The molecule has 1 aromatic rings. The van der Waals surface area contributed by atoms with Gasteiger partial charge in [-0.2, -0.15) is 8.78 Å². The quantitative estimate of drug-likeness (QED) is 0.817. The summed E-state index contributed by atoms with van der Waals surface area (Å²) in [4.78, 5) is 0. The van der Waals surface area contributed by atoms with Gasteiger partial charge in [-0.1, -0.05) is 11.3 Å². The predicted octanol–water partition coefficient (Wildman–Crippen LogP) is 2.59. The van der Waals surface area contributed by atoms with Crippen LogP contribution in [0, 0.1) is 6.92 Å². The van der Waals surface area contributed by atoms with Gasteiger partial charge in [0, 0.05) is 12.6 Å². The highest BCUT2D eigenvalue weighted by Crippen LogP contribution is 2.31. The first-order valence-electron chi connectivity index (χ1n) is 5.02. The minimum Gasteiger partial charge on any atom is -0.434 e. The van der Waals surface area contributed by atoms with Crippen LogP contribution >= 0.6 is 0 Å². The topological polar surface area (TPSA) is 40.4 Å². The van der Waals surface area contributed by atoms with Gasteiger partial charge in [0.25, 0.3) is 0 Å². The first-order valence-corrected chi connectivity index (χ1v) is 5.02. The molecular weight excluding hydrogens is 230 g/mol. The minimum atomic E-state index is -2.83. The Morgan fingerprint density at radius 3 is 2.71 bits per heavy atom. The van der Waals surface area contributed by atoms with Crippen molar-refractivity contribution in [1.29, 1.82) is 0 Å². The molecule has 0 atom stereocenters. The van der Waals surface area contributed by atoms with E-state index in [0.29, 0.717) is 17.9 Å². The molecule has 0 amide bonds. The SMILES string of the molecule is Cc1c(OC(F)F)cccc1N1CN(C)N=N1. The highest BCUT2D eigenvalue weighted by molar-refractivity contribution is 5.58. The third kappa shape index (κ3) is 2.43. The van der Waals surface area contributed by atoms with Gasteiger partial charge in [-0.25, -0.2) is 5.01 Å². The third-order valence-corrected chi connectivity index (χ3v) is 2.39. The maximum Gasteiger partial charge on any atom is 0.387 e. The van der Waals surface area contributed by atoms with E-state index in [0.717, 1.165) is 0 Å². The zero-order valence-electron chi connectivity index (χ0n) is 9.47. The van der Waals surface area contributed by atoms with Crippen LogP contribution in [0.5, 0.6) is 5.75 Å².